The first-order valence-corrected chi connectivity index (χ1v) is 11.5. The molecule has 2 aliphatic rings. The van der Waals surface area contributed by atoms with Gasteiger partial charge in [0.1, 0.15) is 11.4 Å². The van der Waals surface area contributed by atoms with Crippen LogP contribution in [0.4, 0.5) is 5.69 Å². The van der Waals surface area contributed by atoms with E-state index in [1.54, 1.807) is 30.8 Å². The number of methoxy groups -OCH3 is 1. The Morgan fingerprint density at radius 3 is 2.26 bits per heavy atom. The molecule has 0 bridgehead atoms. The maximum atomic E-state index is 13.8. The molecule has 1 N–H and O–H groups in total. The number of anilines is 1. The Balaban J connectivity index is 1.55. The highest BCUT2D eigenvalue weighted by molar-refractivity contribution is 6.09. The maximum Gasteiger partial charge on any atom is 0.277 e. The van der Waals surface area contributed by atoms with Crippen molar-refractivity contribution >= 4 is 17.5 Å². The summed E-state index contributed by atoms with van der Waals surface area (Å²) in [6.45, 7) is 0.490. The molecule has 0 unspecified atom stereocenters. The normalized spacial score (nSPS) is 16.2. The zero-order valence-corrected chi connectivity index (χ0v) is 20.0. The summed E-state index contributed by atoms with van der Waals surface area (Å²) in [7, 11) is 6.98. The number of nitrogens with zero attached hydrogens (tertiary/aromatic N) is 4. The van der Waals surface area contributed by atoms with E-state index in [0.29, 0.717) is 41.4 Å². The van der Waals surface area contributed by atoms with Crippen molar-refractivity contribution in [1.29, 1.82) is 0 Å². The van der Waals surface area contributed by atoms with Crippen LogP contribution in [0.1, 0.15) is 44.9 Å². The zero-order chi connectivity index (χ0) is 24.0. The van der Waals surface area contributed by atoms with Crippen LogP contribution >= 0.6 is 0 Å². The monoisotopic (exact) mass is 459 g/mol. The highest BCUT2D eigenvalue weighted by Gasteiger charge is 2.42. The molecule has 8 heteroatoms. The molecule has 2 amide bonds. The summed E-state index contributed by atoms with van der Waals surface area (Å²) in [5.74, 6) is 0.332. The lowest BCUT2D eigenvalue weighted by Crippen LogP contribution is -2.39. The van der Waals surface area contributed by atoms with E-state index in [0.717, 1.165) is 18.5 Å². The largest absolute Gasteiger partial charge is 0.497 e. The zero-order valence-electron chi connectivity index (χ0n) is 20.0. The first kappa shape index (κ1) is 22.2. The minimum absolute atomic E-state index is 0.0754. The molecule has 2 heterocycles. The number of nitrogens with one attached hydrogen (secondary N) is 1. The van der Waals surface area contributed by atoms with Gasteiger partial charge in [-0.15, -0.1) is 0 Å². The topological polar surface area (TPSA) is 79.7 Å². The van der Waals surface area contributed by atoms with Gasteiger partial charge in [0, 0.05) is 37.4 Å². The van der Waals surface area contributed by atoms with Gasteiger partial charge in [-0.1, -0.05) is 12.1 Å². The minimum Gasteiger partial charge on any atom is -0.497 e. The van der Waals surface area contributed by atoms with Crippen LogP contribution < -0.4 is 15.0 Å². The van der Waals surface area contributed by atoms with Gasteiger partial charge < -0.3 is 19.9 Å². The van der Waals surface area contributed by atoms with Gasteiger partial charge in [0.15, 0.2) is 5.69 Å². The standard InChI is InChI=1S/C26H29N5O3/c1-27-26(14-15-26)17-5-7-18(8-6-17)30-16-13-21-22(24(32)29(2)3)28-31(23(21)25(30)33)19-9-11-20(34-4)12-10-19/h5-12,27H,13-16H2,1-4H3. The molecule has 8 nitrogen and oxygen atoms in total. The number of hydrogen-bond acceptors (Lipinski definition) is 5. The van der Waals surface area contributed by atoms with E-state index in [2.05, 4.69) is 22.5 Å². The number of benzene rings is 2. The van der Waals surface area contributed by atoms with Crippen molar-refractivity contribution in [2.75, 3.05) is 39.7 Å². The first-order chi connectivity index (χ1) is 16.4. The fourth-order valence-electron chi connectivity index (χ4n) is 4.67. The van der Waals surface area contributed by atoms with E-state index in [4.69, 9.17) is 4.74 Å². The SMILES string of the molecule is CNC1(c2ccc(N3CCc4c(C(=O)N(C)C)nn(-c5ccc(OC)cc5)c4C3=O)cc2)CC1. The van der Waals surface area contributed by atoms with E-state index in [1.165, 1.54) is 10.5 Å². The maximum absolute atomic E-state index is 13.8. The van der Waals surface area contributed by atoms with Crippen molar-refractivity contribution in [3.05, 3.63) is 71.0 Å². The van der Waals surface area contributed by atoms with Gasteiger partial charge >= 0.3 is 0 Å². The van der Waals surface area contributed by atoms with Crippen LogP contribution in [-0.2, 0) is 12.0 Å². The van der Waals surface area contributed by atoms with Crippen LogP contribution in [0.5, 0.6) is 5.75 Å². The van der Waals surface area contributed by atoms with Crippen molar-refractivity contribution < 1.29 is 14.3 Å². The Hall–Kier alpha value is -3.65. The summed E-state index contributed by atoms with van der Waals surface area (Å²) in [6, 6.07) is 15.5. The fraction of sp³-hybridized carbons (Fsp3) is 0.346. The van der Waals surface area contributed by atoms with Crippen molar-refractivity contribution in [3.8, 4) is 11.4 Å². The second kappa shape index (κ2) is 8.29. The van der Waals surface area contributed by atoms with Gasteiger partial charge in [-0.2, -0.15) is 5.10 Å². The Labute approximate surface area is 199 Å². The van der Waals surface area contributed by atoms with Gasteiger partial charge in [-0.3, -0.25) is 9.59 Å². The molecule has 0 saturated heterocycles. The van der Waals surface area contributed by atoms with Gasteiger partial charge in [0.05, 0.1) is 12.8 Å². The van der Waals surface area contributed by atoms with Crippen molar-refractivity contribution in [2.24, 2.45) is 0 Å². The lowest BCUT2D eigenvalue weighted by molar-refractivity contribution is 0.0820. The molecule has 2 aromatic carbocycles. The van der Waals surface area contributed by atoms with Crippen molar-refractivity contribution in [3.63, 3.8) is 0 Å². The van der Waals surface area contributed by atoms with Gasteiger partial charge in [-0.05, 0) is 68.3 Å². The number of hydrogen-bond donors (Lipinski definition) is 1. The molecule has 0 atom stereocenters. The molecule has 1 saturated carbocycles. The molecule has 1 fully saturated rings. The number of amides is 2. The second-order valence-electron chi connectivity index (χ2n) is 9.07. The van der Waals surface area contributed by atoms with E-state index in [1.807, 2.05) is 43.4 Å². The smallest absolute Gasteiger partial charge is 0.277 e. The third-order valence-electron chi connectivity index (χ3n) is 6.90. The number of ether oxygens (including phenoxy) is 1. The molecule has 5 rings (SSSR count). The summed E-state index contributed by atoms with van der Waals surface area (Å²) in [4.78, 5) is 29.9. The van der Waals surface area contributed by atoms with Crippen LogP contribution in [0.15, 0.2) is 48.5 Å². The van der Waals surface area contributed by atoms with Crippen LogP contribution in [0, 0.1) is 0 Å². The summed E-state index contributed by atoms with van der Waals surface area (Å²) >= 11 is 0. The van der Waals surface area contributed by atoms with E-state index >= 15 is 0 Å². The molecule has 34 heavy (non-hydrogen) atoms. The highest BCUT2D eigenvalue weighted by atomic mass is 16.5. The molecule has 3 aromatic rings. The second-order valence-corrected chi connectivity index (χ2v) is 9.07. The fourth-order valence-corrected chi connectivity index (χ4v) is 4.67. The molecule has 1 aromatic heterocycles. The quantitative estimate of drug-likeness (QED) is 0.613. The molecular weight excluding hydrogens is 430 g/mol. The number of carbonyl (C=O) groups excluding carboxylic acids is 2. The summed E-state index contributed by atoms with van der Waals surface area (Å²) < 4.78 is 6.86. The average Bonchev–Trinajstić information content (AvgIpc) is 3.57. The molecule has 1 aliphatic heterocycles. The molecular formula is C26H29N5O3. The van der Waals surface area contributed by atoms with Gasteiger partial charge in [0.25, 0.3) is 11.8 Å². The summed E-state index contributed by atoms with van der Waals surface area (Å²) in [6.07, 6.45) is 2.80. The third kappa shape index (κ3) is 3.54. The third-order valence-corrected chi connectivity index (χ3v) is 6.90. The van der Waals surface area contributed by atoms with Crippen LogP contribution in [0.2, 0.25) is 0 Å². The Morgan fingerprint density at radius 1 is 1.06 bits per heavy atom. The lowest BCUT2D eigenvalue weighted by atomic mass is 10.0. The van der Waals surface area contributed by atoms with Crippen LogP contribution in [-0.4, -0.2) is 61.3 Å². The molecule has 1 aliphatic carbocycles. The highest BCUT2D eigenvalue weighted by Crippen LogP contribution is 2.45. The van der Waals surface area contributed by atoms with Crippen molar-refractivity contribution in [1.82, 2.24) is 20.0 Å². The van der Waals surface area contributed by atoms with E-state index in [-0.39, 0.29) is 17.4 Å². The molecule has 0 spiro atoms. The Kier molecular flexibility index (Phi) is 5.40. The van der Waals surface area contributed by atoms with Crippen molar-refractivity contribution in [2.45, 2.75) is 24.8 Å². The number of aromatic nitrogens is 2. The summed E-state index contributed by atoms with van der Waals surface area (Å²) in [5.41, 5.74) is 4.31. The molecule has 0 radical (unpaired) electrons. The van der Waals surface area contributed by atoms with Gasteiger partial charge in [0.2, 0.25) is 0 Å². The minimum atomic E-state index is -0.212. The molecule has 176 valence electrons. The number of fused-ring (bicyclic) bond motifs is 1. The predicted molar refractivity (Wildman–Crippen MR) is 130 cm³/mol. The number of carbonyl (C=O) groups is 2. The van der Waals surface area contributed by atoms with E-state index < -0.39 is 0 Å². The van der Waals surface area contributed by atoms with Crippen LogP contribution in [0.3, 0.4) is 0 Å². The summed E-state index contributed by atoms with van der Waals surface area (Å²) in [5, 5.41) is 8.02. The predicted octanol–water partition coefficient (Wildman–Crippen LogP) is 2.99. The lowest BCUT2D eigenvalue weighted by Gasteiger charge is -2.28. The van der Waals surface area contributed by atoms with E-state index in [9.17, 15) is 9.59 Å². The first-order valence-electron chi connectivity index (χ1n) is 11.5. The van der Waals surface area contributed by atoms with Crippen LogP contribution in [0.25, 0.3) is 5.69 Å². The number of rotatable bonds is 6. The Bertz CT molecular complexity index is 1240. The average molecular weight is 460 g/mol. The Morgan fingerprint density at radius 2 is 1.71 bits per heavy atom. The van der Waals surface area contributed by atoms with Gasteiger partial charge in [-0.25, -0.2) is 4.68 Å².